The van der Waals surface area contributed by atoms with E-state index < -0.39 is 36.6 Å². The van der Waals surface area contributed by atoms with Crippen LogP contribution < -0.4 is 0 Å². The molecule has 0 radical (unpaired) electrons. The van der Waals surface area contributed by atoms with E-state index in [1.807, 2.05) is 0 Å². The molecule has 0 amide bonds. The Labute approximate surface area is 91.9 Å². The minimum Gasteiger partial charge on any atom is -0.387 e. The van der Waals surface area contributed by atoms with Gasteiger partial charge in [0, 0.05) is 0 Å². The fraction of sp³-hybridized carbons (Fsp3) is 0.778. The molecule has 1 rings (SSSR count). The largest absolute Gasteiger partial charge is 0.387 e. The molecule has 0 heterocycles. The van der Waals surface area contributed by atoms with Gasteiger partial charge >= 0.3 is 0 Å². The van der Waals surface area contributed by atoms with Gasteiger partial charge in [0.2, 0.25) is 0 Å². The first kappa shape index (κ1) is 13.2. The summed E-state index contributed by atoms with van der Waals surface area (Å²) in [5, 5.41) is 40.4. The van der Waals surface area contributed by atoms with Crippen molar-refractivity contribution in [2.24, 2.45) is 5.18 Å². The fourth-order valence-electron chi connectivity index (χ4n) is 1.74. The van der Waals surface area contributed by atoms with Crippen molar-refractivity contribution in [2.75, 3.05) is 13.2 Å². The molecule has 1 aliphatic carbocycles. The maximum atomic E-state index is 10.2. The molecule has 3 unspecified atom stereocenters. The Balaban J connectivity index is 2.76. The summed E-state index contributed by atoms with van der Waals surface area (Å²) in [6.07, 6.45) is -4.39. The first-order valence-electron chi connectivity index (χ1n) is 4.78. The van der Waals surface area contributed by atoms with Crippen LogP contribution in [0.2, 0.25) is 0 Å². The molecule has 1 saturated carbocycles. The van der Waals surface area contributed by atoms with Gasteiger partial charge in [-0.2, -0.15) is 4.91 Å². The van der Waals surface area contributed by atoms with Gasteiger partial charge in [-0.25, -0.2) is 0 Å². The van der Waals surface area contributed by atoms with E-state index in [-0.39, 0.29) is 6.61 Å². The Kier molecular flexibility index (Phi) is 4.11. The molecular weight excluding hydrogens is 218 g/mol. The van der Waals surface area contributed by atoms with Crippen molar-refractivity contribution in [1.29, 1.82) is 0 Å². The predicted molar refractivity (Wildman–Crippen MR) is 53.6 cm³/mol. The molecule has 0 spiro atoms. The highest BCUT2D eigenvalue weighted by molar-refractivity contribution is 5.15. The molecule has 0 bridgehead atoms. The Hall–Kier alpha value is -0.860. The molecule has 0 aliphatic heterocycles. The van der Waals surface area contributed by atoms with Crippen LogP contribution in [0.4, 0.5) is 0 Å². The van der Waals surface area contributed by atoms with Gasteiger partial charge in [0.05, 0.1) is 6.61 Å². The van der Waals surface area contributed by atoms with Crippen LogP contribution in [0.25, 0.3) is 0 Å². The van der Waals surface area contributed by atoms with Crippen LogP contribution in [0.5, 0.6) is 0 Å². The van der Waals surface area contributed by atoms with Crippen molar-refractivity contribution in [3.8, 4) is 0 Å². The second-order valence-corrected chi connectivity index (χ2v) is 3.69. The summed E-state index contributed by atoms with van der Waals surface area (Å²) in [7, 11) is 0. The zero-order chi connectivity index (χ0) is 12.3. The summed E-state index contributed by atoms with van der Waals surface area (Å²) in [5.74, 6) is 0. The zero-order valence-electron chi connectivity index (χ0n) is 8.56. The van der Waals surface area contributed by atoms with Crippen molar-refractivity contribution in [3.05, 3.63) is 17.6 Å². The lowest BCUT2D eigenvalue weighted by molar-refractivity contribution is -0.317. The maximum absolute atomic E-state index is 10.2. The van der Waals surface area contributed by atoms with Gasteiger partial charge in [-0.1, -0.05) is 11.3 Å². The molecular formula is C9H15NO6. The average molecular weight is 233 g/mol. The SMILES string of the molecule is C=CCOC(CN=O)C1(O)C(O)C(O)C1O. The van der Waals surface area contributed by atoms with Gasteiger partial charge in [0.25, 0.3) is 0 Å². The Morgan fingerprint density at radius 3 is 2.44 bits per heavy atom. The number of nitroso groups, excluding NO2 is 1. The summed E-state index contributed by atoms with van der Waals surface area (Å²) in [6.45, 7) is 2.97. The molecule has 4 N–H and O–H groups in total. The van der Waals surface area contributed by atoms with Gasteiger partial charge < -0.3 is 25.2 Å². The van der Waals surface area contributed by atoms with Crippen LogP contribution >= 0.6 is 0 Å². The summed E-state index contributed by atoms with van der Waals surface area (Å²) in [5.41, 5.74) is -2.07. The number of aliphatic hydroxyl groups excluding tert-OH is 3. The number of hydrogen-bond acceptors (Lipinski definition) is 7. The van der Waals surface area contributed by atoms with Crippen LogP contribution in [0.15, 0.2) is 17.8 Å². The highest BCUT2D eigenvalue weighted by atomic mass is 16.5. The van der Waals surface area contributed by atoms with Crippen molar-refractivity contribution in [1.82, 2.24) is 0 Å². The number of aliphatic hydroxyl groups is 4. The molecule has 92 valence electrons. The molecule has 1 fully saturated rings. The number of hydrogen-bond donors (Lipinski definition) is 4. The molecule has 3 atom stereocenters. The highest BCUT2D eigenvalue weighted by Crippen LogP contribution is 2.37. The molecule has 0 saturated heterocycles. The van der Waals surface area contributed by atoms with E-state index in [0.717, 1.165) is 0 Å². The summed E-state index contributed by atoms with van der Waals surface area (Å²) in [6, 6.07) is 0. The standard InChI is InChI=1S/C9H15NO6/c1-2-3-16-5(4-10-15)9(14)7(12)6(11)8(9)13/h2,5-8,11-14H,1,3-4H2. The summed E-state index contributed by atoms with van der Waals surface area (Å²) >= 11 is 0. The van der Waals surface area contributed by atoms with Crippen LogP contribution in [-0.2, 0) is 4.74 Å². The van der Waals surface area contributed by atoms with E-state index in [2.05, 4.69) is 11.8 Å². The van der Waals surface area contributed by atoms with Crippen molar-refractivity contribution in [3.63, 3.8) is 0 Å². The Morgan fingerprint density at radius 1 is 1.44 bits per heavy atom. The van der Waals surface area contributed by atoms with Crippen LogP contribution in [0, 0.1) is 4.91 Å². The third-order valence-corrected chi connectivity index (χ3v) is 2.77. The number of nitrogens with zero attached hydrogens (tertiary/aromatic N) is 1. The van der Waals surface area contributed by atoms with E-state index in [1.165, 1.54) is 6.08 Å². The maximum Gasteiger partial charge on any atom is 0.149 e. The minimum atomic E-state index is -2.07. The van der Waals surface area contributed by atoms with Gasteiger partial charge in [-0.15, -0.1) is 6.58 Å². The number of ether oxygens (including phenoxy) is 1. The minimum absolute atomic E-state index is 0.0258. The quantitative estimate of drug-likeness (QED) is 0.316. The molecule has 0 aromatic heterocycles. The normalized spacial score (nSPS) is 39.9. The molecule has 1 aliphatic rings. The van der Waals surface area contributed by atoms with Crippen molar-refractivity contribution in [2.45, 2.75) is 30.0 Å². The topological polar surface area (TPSA) is 120 Å². The predicted octanol–water partition coefficient (Wildman–Crippen LogP) is -1.85. The summed E-state index contributed by atoms with van der Waals surface area (Å²) < 4.78 is 5.03. The van der Waals surface area contributed by atoms with Crippen LogP contribution in [-0.4, -0.2) is 63.6 Å². The van der Waals surface area contributed by atoms with E-state index in [9.17, 15) is 20.2 Å². The zero-order valence-corrected chi connectivity index (χ0v) is 8.56. The lowest BCUT2D eigenvalue weighted by Gasteiger charge is -2.53. The van der Waals surface area contributed by atoms with Gasteiger partial charge in [-0.05, 0) is 0 Å². The Bertz CT molecular complexity index is 261. The molecule has 0 aromatic rings. The van der Waals surface area contributed by atoms with E-state index in [0.29, 0.717) is 0 Å². The van der Waals surface area contributed by atoms with Crippen molar-refractivity contribution < 1.29 is 25.2 Å². The van der Waals surface area contributed by atoms with Gasteiger partial charge in [-0.3, -0.25) is 0 Å². The lowest BCUT2D eigenvalue weighted by Crippen LogP contribution is -2.78. The molecule has 7 nitrogen and oxygen atoms in total. The lowest BCUT2D eigenvalue weighted by atomic mass is 9.68. The average Bonchev–Trinajstić information content (AvgIpc) is 2.31. The van der Waals surface area contributed by atoms with Crippen molar-refractivity contribution >= 4 is 0 Å². The van der Waals surface area contributed by atoms with E-state index in [1.54, 1.807) is 0 Å². The summed E-state index contributed by atoms with van der Waals surface area (Å²) in [4.78, 5) is 10.2. The van der Waals surface area contributed by atoms with Gasteiger partial charge in [0.15, 0.2) is 0 Å². The second kappa shape index (κ2) is 4.98. The smallest absolute Gasteiger partial charge is 0.149 e. The van der Waals surface area contributed by atoms with Gasteiger partial charge in [0.1, 0.15) is 36.6 Å². The van der Waals surface area contributed by atoms with E-state index in [4.69, 9.17) is 9.84 Å². The third kappa shape index (κ3) is 1.87. The first-order valence-corrected chi connectivity index (χ1v) is 4.78. The fourth-order valence-corrected chi connectivity index (χ4v) is 1.74. The van der Waals surface area contributed by atoms with Crippen LogP contribution in [0.1, 0.15) is 0 Å². The molecule has 0 aromatic carbocycles. The first-order chi connectivity index (χ1) is 7.50. The highest BCUT2D eigenvalue weighted by Gasteiger charge is 2.65. The number of rotatable bonds is 6. The Morgan fingerprint density at radius 2 is 2.00 bits per heavy atom. The van der Waals surface area contributed by atoms with Crippen LogP contribution in [0.3, 0.4) is 0 Å². The monoisotopic (exact) mass is 233 g/mol. The second-order valence-electron chi connectivity index (χ2n) is 3.69. The molecule has 7 heteroatoms. The van der Waals surface area contributed by atoms with E-state index >= 15 is 0 Å². The third-order valence-electron chi connectivity index (χ3n) is 2.77. The molecule has 16 heavy (non-hydrogen) atoms.